The van der Waals surface area contributed by atoms with E-state index in [0.29, 0.717) is 26.1 Å². The van der Waals surface area contributed by atoms with Crippen molar-refractivity contribution >= 4 is 17.5 Å². The number of carbonyl (C=O) groups excluding carboxylic acids is 2. The SMILES string of the molecule is CCN1C[C@@H](C(=O)NCc2cnn3cccnc23)CC1=O. The van der Waals surface area contributed by atoms with Crippen LogP contribution in [0.1, 0.15) is 18.9 Å². The molecule has 1 saturated heterocycles. The van der Waals surface area contributed by atoms with Crippen molar-refractivity contribution in [3.05, 3.63) is 30.2 Å². The Kier molecular flexibility index (Phi) is 3.55. The van der Waals surface area contributed by atoms with Gasteiger partial charge in [-0.15, -0.1) is 0 Å². The van der Waals surface area contributed by atoms with Crippen molar-refractivity contribution in [3.63, 3.8) is 0 Å². The van der Waals surface area contributed by atoms with Crippen molar-refractivity contribution in [2.24, 2.45) is 5.92 Å². The molecule has 1 N–H and O–H groups in total. The maximum Gasteiger partial charge on any atom is 0.225 e. The van der Waals surface area contributed by atoms with Crippen molar-refractivity contribution in [2.75, 3.05) is 13.1 Å². The first kappa shape index (κ1) is 13.5. The Labute approximate surface area is 122 Å². The zero-order chi connectivity index (χ0) is 14.8. The molecule has 1 fully saturated rings. The second kappa shape index (κ2) is 5.51. The van der Waals surface area contributed by atoms with Crippen LogP contribution in [0, 0.1) is 5.92 Å². The molecule has 0 saturated carbocycles. The molecule has 0 spiro atoms. The maximum absolute atomic E-state index is 12.1. The number of nitrogens with one attached hydrogen (secondary N) is 1. The molecule has 0 aromatic carbocycles. The summed E-state index contributed by atoms with van der Waals surface area (Å²) in [6.07, 6.45) is 5.49. The second-order valence-corrected chi connectivity index (χ2v) is 5.11. The van der Waals surface area contributed by atoms with E-state index >= 15 is 0 Å². The summed E-state index contributed by atoms with van der Waals surface area (Å²) < 4.78 is 1.67. The van der Waals surface area contributed by atoms with Crippen LogP contribution in [0.25, 0.3) is 5.65 Å². The number of likely N-dealkylation sites (tertiary alicyclic amines) is 1. The highest BCUT2D eigenvalue weighted by Crippen LogP contribution is 2.17. The molecule has 21 heavy (non-hydrogen) atoms. The highest BCUT2D eigenvalue weighted by molar-refractivity contribution is 5.89. The van der Waals surface area contributed by atoms with E-state index in [2.05, 4.69) is 15.4 Å². The third kappa shape index (κ3) is 2.58. The monoisotopic (exact) mass is 287 g/mol. The zero-order valence-corrected chi connectivity index (χ0v) is 11.8. The number of hydrogen-bond acceptors (Lipinski definition) is 4. The first-order chi connectivity index (χ1) is 10.2. The lowest BCUT2D eigenvalue weighted by Gasteiger charge is -2.13. The lowest BCUT2D eigenvalue weighted by molar-refractivity contribution is -0.128. The predicted octanol–water partition coefficient (Wildman–Crippen LogP) is 0.214. The van der Waals surface area contributed by atoms with Gasteiger partial charge in [0.05, 0.1) is 12.1 Å². The van der Waals surface area contributed by atoms with E-state index in [1.807, 2.05) is 13.1 Å². The molecule has 0 bridgehead atoms. The minimum absolute atomic E-state index is 0.0512. The van der Waals surface area contributed by atoms with Crippen LogP contribution < -0.4 is 5.32 Å². The fourth-order valence-corrected chi connectivity index (χ4v) is 2.58. The van der Waals surface area contributed by atoms with E-state index in [4.69, 9.17) is 0 Å². The molecule has 2 aromatic rings. The minimum Gasteiger partial charge on any atom is -0.352 e. The summed E-state index contributed by atoms with van der Waals surface area (Å²) in [5.74, 6) is -0.294. The number of carbonyl (C=O) groups is 2. The van der Waals surface area contributed by atoms with E-state index in [9.17, 15) is 9.59 Å². The first-order valence-corrected chi connectivity index (χ1v) is 7.01. The largest absolute Gasteiger partial charge is 0.352 e. The quantitative estimate of drug-likeness (QED) is 0.872. The summed E-state index contributed by atoms with van der Waals surface area (Å²) in [5, 5.41) is 7.05. The van der Waals surface area contributed by atoms with Gasteiger partial charge in [0.1, 0.15) is 0 Å². The average Bonchev–Trinajstić information content (AvgIpc) is 3.08. The van der Waals surface area contributed by atoms with Gasteiger partial charge in [-0.2, -0.15) is 5.10 Å². The van der Waals surface area contributed by atoms with Gasteiger partial charge in [0.15, 0.2) is 5.65 Å². The zero-order valence-electron chi connectivity index (χ0n) is 11.8. The summed E-state index contributed by atoms with van der Waals surface area (Å²) in [4.78, 5) is 29.7. The van der Waals surface area contributed by atoms with Crippen molar-refractivity contribution < 1.29 is 9.59 Å². The summed E-state index contributed by atoms with van der Waals surface area (Å²) >= 11 is 0. The van der Waals surface area contributed by atoms with Crippen LogP contribution in [0.15, 0.2) is 24.7 Å². The molecule has 1 atom stereocenters. The van der Waals surface area contributed by atoms with Gasteiger partial charge < -0.3 is 10.2 Å². The molecule has 1 aliphatic rings. The standard InChI is InChI=1S/C14H17N5O2/c1-2-18-9-10(6-12(18)20)14(21)16-7-11-8-17-19-5-3-4-15-13(11)19/h3-5,8,10H,2,6-7,9H2,1H3,(H,16,21)/t10-/m0/s1. The third-order valence-electron chi connectivity index (χ3n) is 3.77. The Morgan fingerprint density at radius 2 is 2.38 bits per heavy atom. The number of aromatic nitrogens is 3. The Morgan fingerprint density at radius 1 is 1.52 bits per heavy atom. The highest BCUT2D eigenvalue weighted by Gasteiger charge is 2.33. The van der Waals surface area contributed by atoms with Gasteiger partial charge in [-0.3, -0.25) is 9.59 Å². The van der Waals surface area contributed by atoms with Gasteiger partial charge in [-0.1, -0.05) is 0 Å². The van der Waals surface area contributed by atoms with Gasteiger partial charge in [0, 0.05) is 44.0 Å². The number of rotatable bonds is 4. The van der Waals surface area contributed by atoms with Crippen molar-refractivity contribution in [1.29, 1.82) is 0 Å². The summed E-state index contributed by atoms with van der Waals surface area (Å²) in [6.45, 7) is 3.45. The van der Waals surface area contributed by atoms with Crippen LogP contribution in [0.4, 0.5) is 0 Å². The molecule has 1 aliphatic heterocycles. The summed E-state index contributed by atoms with van der Waals surface area (Å²) in [6, 6.07) is 1.80. The molecule has 110 valence electrons. The molecule has 7 heteroatoms. The lowest BCUT2D eigenvalue weighted by atomic mass is 10.1. The Morgan fingerprint density at radius 3 is 3.14 bits per heavy atom. The third-order valence-corrected chi connectivity index (χ3v) is 3.77. The Bertz CT molecular complexity index is 681. The maximum atomic E-state index is 12.1. The molecule has 0 unspecified atom stereocenters. The number of fused-ring (bicyclic) bond motifs is 1. The van der Waals surface area contributed by atoms with Gasteiger partial charge >= 0.3 is 0 Å². The van der Waals surface area contributed by atoms with Crippen LogP contribution >= 0.6 is 0 Å². The summed E-state index contributed by atoms with van der Waals surface area (Å²) in [5.41, 5.74) is 1.59. The van der Waals surface area contributed by atoms with Crippen LogP contribution in [0.2, 0.25) is 0 Å². The van der Waals surface area contributed by atoms with Crippen LogP contribution in [-0.4, -0.2) is 44.4 Å². The molecule has 3 rings (SSSR count). The van der Waals surface area contributed by atoms with E-state index in [0.717, 1.165) is 11.2 Å². The average molecular weight is 287 g/mol. The molecule has 3 heterocycles. The van der Waals surface area contributed by atoms with Crippen LogP contribution in [0.5, 0.6) is 0 Å². The van der Waals surface area contributed by atoms with Crippen molar-refractivity contribution in [2.45, 2.75) is 19.9 Å². The molecule has 2 amide bonds. The van der Waals surface area contributed by atoms with Crippen molar-refractivity contribution in [1.82, 2.24) is 24.8 Å². The van der Waals surface area contributed by atoms with E-state index < -0.39 is 0 Å². The molecule has 0 radical (unpaired) electrons. The number of hydrogen-bond donors (Lipinski definition) is 1. The fraction of sp³-hybridized carbons (Fsp3) is 0.429. The van der Waals surface area contributed by atoms with Crippen LogP contribution in [0.3, 0.4) is 0 Å². The molecule has 7 nitrogen and oxygen atoms in total. The smallest absolute Gasteiger partial charge is 0.225 e. The van der Waals surface area contributed by atoms with E-state index in [-0.39, 0.29) is 17.7 Å². The number of nitrogens with zero attached hydrogens (tertiary/aromatic N) is 4. The Hall–Kier alpha value is -2.44. The Balaban J connectivity index is 1.63. The van der Waals surface area contributed by atoms with Crippen molar-refractivity contribution in [3.8, 4) is 0 Å². The molecular weight excluding hydrogens is 270 g/mol. The van der Waals surface area contributed by atoms with E-state index in [1.165, 1.54) is 0 Å². The fourth-order valence-electron chi connectivity index (χ4n) is 2.58. The van der Waals surface area contributed by atoms with Gasteiger partial charge in [-0.05, 0) is 13.0 Å². The second-order valence-electron chi connectivity index (χ2n) is 5.11. The predicted molar refractivity (Wildman–Crippen MR) is 75.2 cm³/mol. The lowest BCUT2D eigenvalue weighted by Crippen LogP contribution is -2.32. The first-order valence-electron chi connectivity index (χ1n) is 7.01. The minimum atomic E-state index is -0.257. The highest BCUT2D eigenvalue weighted by atomic mass is 16.2. The number of amides is 2. The normalized spacial score (nSPS) is 18.4. The van der Waals surface area contributed by atoms with E-state index in [1.54, 1.807) is 27.9 Å². The topological polar surface area (TPSA) is 79.6 Å². The summed E-state index contributed by atoms with van der Waals surface area (Å²) in [7, 11) is 0. The van der Waals surface area contributed by atoms with Gasteiger partial charge in [0.25, 0.3) is 0 Å². The van der Waals surface area contributed by atoms with Gasteiger partial charge in [0.2, 0.25) is 11.8 Å². The molecule has 0 aliphatic carbocycles. The van der Waals surface area contributed by atoms with Gasteiger partial charge in [-0.25, -0.2) is 9.50 Å². The molecular formula is C14H17N5O2. The molecule has 2 aromatic heterocycles. The van der Waals surface area contributed by atoms with Crippen LogP contribution in [-0.2, 0) is 16.1 Å².